The molecule has 0 atom stereocenters. The van der Waals surface area contributed by atoms with E-state index in [1.54, 1.807) is 42.9 Å². The highest BCUT2D eigenvalue weighted by Crippen LogP contribution is 2.24. The normalized spacial score (nSPS) is 10.4. The molecule has 0 fully saturated rings. The van der Waals surface area contributed by atoms with Gasteiger partial charge < -0.3 is 21.1 Å². The van der Waals surface area contributed by atoms with Crippen molar-refractivity contribution in [1.29, 1.82) is 0 Å². The third kappa shape index (κ3) is 5.37. The topological polar surface area (TPSA) is 115 Å². The maximum atomic E-state index is 12.3. The van der Waals surface area contributed by atoms with Gasteiger partial charge >= 0.3 is 0 Å². The Hall–Kier alpha value is -4.46. The number of aryl methyl sites for hydroxylation is 1. The number of aromatic nitrogens is 3. The molecule has 2 aromatic heterocycles. The Balaban J connectivity index is 1.42. The average molecular weight is 426 g/mol. The van der Waals surface area contributed by atoms with E-state index in [1.807, 2.05) is 43.3 Å². The quantitative estimate of drug-likeness (QED) is 0.380. The number of nitrogens with two attached hydrogens (primary N) is 1. The van der Waals surface area contributed by atoms with Crippen LogP contribution in [0.3, 0.4) is 0 Å². The molecule has 8 heteroatoms. The van der Waals surface area contributed by atoms with Gasteiger partial charge in [0.15, 0.2) is 6.61 Å². The Morgan fingerprint density at radius 1 is 1.06 bits per heavy atom. The molecule has 0 aliphatic heterocycles. The van der Waals surface area contributed by atoms with Gasteiger partial charge in [-0.3, -0.25) is 9.78 Å². The summed E-state index contributed by atoms with van der Waals surface area (Å²) in [4.78, 5) is 25.3. The van der Waals surface area contributed by atoms with Crippen molar-refractivity contribution in [2.75, 3.05) is 23.0 Å². The van der Waals surface area contributed by atoms with E-state index in [9.17, 15) is 4.79 Å². The number of ether oxygens (including phenoxy) is 1. The van der Waals surface area contributed by atoms with Crippen LogP contribution in [0.1, 0.15) is 5.56 Å². The first-order valence-electron chi connectivity index (χ1n) is 9.96. The summed E-state index contributed by atoms with van der Waals surface area (Å²) in [6, 6.07) is 18.1. The van der Waals surface area contributed by atoms with Crippen molar-refractivity contribution in [3.05, 3.63) is 84.8 Å². The zero-order valence-corrected chi connectivity index (χ0v) is 17.4. The summed E-state index contributed by atoms with van der Waals surface area (Å²) in [5, 5.41) is 6.06. The molecule has 0 aliphatic rings. The number of hydrogen-bond donors (Lipinski definition) is 3. The Morgan fingerprint density at radius 3 is 2.69 bits per heavy atom. The summed E-state index contributed by atoms with van der Waals surface area (Å²) in [5.41, 5.74) is 10.3. The van der Waals surface area contributed by atoms with Crippen LogP contribution in [0, 0.1) is 6.92 Å². The third-order valence-electron chi connectivity index (χ3n) is 4.63. The number of rotatable bonds is 7. The van der Waals surface area contributed by atoms with Gasteiger partial charge in [-0.05, 0) is 67.1 Å². The minimum Gasteiger partial charge on any atom is -0.484 e. The number of benzene rings is 2. The van der Waals surface area contributed by atoms with Gasteiger partial charge in [-0.1, -0.05) is 6.07 Å². The first-order chi connectivity index (χ1) is 15.6. The van der Waals surface area contributed by atoms with Crippen LogP contribution in [-0.2, 0) is 4.79 Å². The number of nitrogen functional groups attached to an aromatic ring is 1. The minimum absolute atomic E-state index is 0.114. The van der Waals surface area contributed by atoms with Crippen molar-refractivity contribution in [3.8, 4) is 17.0 Å². The molecule has 0 spiro atoms. The van der Waals surface area contributed by atoms with Gasteiger partial charge in [-0.15, -0.1) is 0 Å². The van der Waals surface area contributed by atoms with Crippen molar-refractivity contribution >= 4 is 28.9 Å². The summed E-state index contributed by atoms with van der Waals surface area (Å²) in [7, 11) is 0. The number of carbonyl (C=O) groups excluding carboxylic acids is 1. The van der Waals surface area contributed by atoms with Gasteiger partial charge in [0.05, 0.1) is 5.69 Å². The number of nitrogens with one attached hydrogen (secondary N) is 2. The summed E-state index contributed by atoms with van der Waals surface area (Å²) in [6.07, 6.45) is 5.15. The molecule has 160 valence electrons. The van der Waals surface area contributed by atoms with E-state index in [0.717, 1.165) is 22.5 Å². The molecule has 2 aromatic carbocycles. The lowest BCUT2D eigenvalue weighted by molar-refractivity contribution is -0.118. The number of anilines is 4. The maximum Gasteiger partial charge on any atom is 0.262 e. The van der Waals surface area contributed by atoms with Crippen molar-refractivity contribution in [2.45, 2.75) is 6.92 Å². The molecule has 0 saturated heterocycles. The van der Waals surface area contributed by atoms with Crippen LogP contribution in [0.4, 0.5) is 23.0 Å². The summed E-state index contributed by atoms with van der Waals surface area (Å²) < 4.78 is 5.49. The van der Waals surface area contributed by atoms with Crippen molar-refractivity contribution in [2.24, 2.45) is 0 Å². The summed E-state index contributed by atoms with van der Waals surface area (Å²) >= 11 is 0. The average Bonchev–Trinajstić information content (AvgIpc) is 2.82. The largest absolute Gasteiger partial charge is 0.484 e. The van der Waals surface area contributed by atoms with E-state index < -0.39 is 0 Å². The Bertz CT molecular complexity index is 1210. The molecule has 8 nitrogen and oxygen atoms in total. The molecule has 0 aliphatic carbocycles. The van der Waals surface area contributed by atoms with Gasteiger partial charge in [-0.25, -0.2) is 9.97 Å². The van der Waals surface area contributed by atoms with E-state index in [-0.39, 0.29) is 12.5 Å². The lowest BCUT2D eigenvalue weighted by atomic mass is 10.1. The molecule has 2 heterocycles. The lowest BCUT2D eigenvalue weighted by Crippen LogP contribution is -2.20. The Kier molecular flexibility index (Phi) is 6.22. The molecular formula is C24H22N6O2. The smallest absolute Gasteiger partial charge is 0.262 e. The first-order valence-corrected chi connectivity index (χ1v) is 9.96. The molecule has 1 amide bonds. The van der Waals surface area contributed by atoms with Crippen LogP contribution in [-0.4, -0.2) is 27.5 Å². The number of carbonyl (C=O) groups is 1. The van der Waals surface area contributed by atoms with E-state index in [1.165, 1.54) is 0 Å². The van der Waals surface area contributed by atoms with Crippen LogP contribution < -0.4 is 21.1 Å². The fraction of sp³-hybridized carbons (Fsp3) is 0.0833. The van der Waals surface area contributed by atoms with E-state index in [0.29, 0.717) is 23.1 Å². The number of hydrogen-bond acceptors (Lipinski definition) is 7. The molecular weight excluding hydrogens is 404 g/mol. The standard InChI is InChI=1S/C24H22N6O2/c1-16-4-7-19(28-23(31)15-32-20-8-5-18(25)6-9-20)13-22(16)30-24-27-12-10-21(29-24)17-3-2-11-26-14-17/h2-14H,15,25H2,1H3,(H,28,31)(H,27,29,30). The highest BCUT2D eigenvalue weighted by Gasteiger charge is 2.08. The second-order valence-corrected chi connectivity index (χ2v) is 7.07. The van der Waals surface area contributed by atoms with Gasteiger partial charge in [0.1, 0.15) is 5.75 Å². The Labute approximate surface area is 185 Å². The van der Waals surface area contributed by atoms with Gasteiger partial charge in [0, 0.05) is 41.2 Å². The summed E-state index contributed by atoms with van der Waals surface area (Å²) in [5.74, 6) is 0.752. The van der Waals surface area contributed by atoms with Crippen LogP contribution in [0.25, 0.3) is 11.3 Å². The molecule has 4 rings (SSSR count). The van der Waals surface area contributed by atoms with E-state index >= 15 is 0 Å². The molecule has 0 bridgehead atoms. The molecule has 0 saturated carbocycles. The van der Waals surface area contributed by atoms with Crippen LogP contribution in [0.15, 0.2) is 79.3 Å². The molecule has 4 aromatic rings. The predicted molar refractivity (Wildman–Crippen MR) is 125 cm³/mol. The van der Waals surface area contributed by atoms with E-state index in [2.05, 4.69) is 25.6 Å². The number of nitrogens with zero attached hydrogens (tertiary/aromatic N) is 3. The van der Waals surface area contributed by atoms with Crippen LogP contribution in [0.2, 0.25) is 0 Å². The van der Waals surface area contributed by atoms with Crippen LogP contribution >= 0.6 is 0 Å². The highest BCUT2D eigenvalue weighted by molar-refractivity contribution is 5.92. The minimum atomic E-state index is -0.272. The SMILES string of the molecule is Cc1ccc(NC(=O)COc2ccc(N)cc2)cc1Nc1nccc(-c2cccnc2)n1. The molecule has 0 radical (unpaired) electrons. The third-order valence-corrected chi connectivity index (χ3v) is 4.63. The van der Waals surface area contributed by atoms with Crippen molar-refractivity contribution in [1.82, 2.24) is 15.0 Å². The highest BCUT2D eigenvalue weighted by atomic mass is 16.5. The van der Waals surface area contributed by atoms with E-state index in [4.69, 9.17) is 10.5 Å². The lowest BCUT2D eigenvalue weighted by Gasteiger charge is -2.12. The second-order valence-electron chi connectivity index (χ2n) is 7.07. The van der Waals surface area contributed by atoms with Crippen molar-refractivity contribution < 1.29 is 9.53 Å². The molecule has 0 unspecified atom stereocenters. The zero-order valence-electron chi connectivity index (χ0n) is 17.4. The molecule has 4 N–H and O–H groups in total. The monoisotopic (exact) mass is 426 g/mol. The predicted octanol–water partition coefficient (Wildman–Crippen LogP) is 4.19. The fourth-order valence-electron chi connectivity index (χ4n) is 2.96. The van der Waals surface area contributed by atoms with Gasteiger partial charge in [0.2, 0.25) is 5.95 Å². The van der Waals surface area contributed by atoms with Gasteiger partial charge in [-0.2, -0.15) is 0 Å². The number of amides is 1. The maximum absolute atomic E-state index is 12.3. The zero-order chi connectivity index (χ0) is 22.3. The fourth-order valence-corrected chi connectivity index (χ4v) is 2.96. The number of pyridine rings is 1. The second kappa shape index (κ2) is 9.57. The van der Waals surface area contributed by atoms with Gasteiger partial charge in [0.25, 0.3) is 5.91 Å². The Morgan fingerprint density at radius 2 is 1.91 bits per heavy atom. The van der Waals surface area contributed by atoms with Crippen molar-refractivity contribution in [3.63, 3.8) is 0 Å². The summed E-state index contributed by atoms with van der Waals surface area (Å²) in [6.45, 7) is 1.85. The van der Waals surface area contributed by atoms with Crippen LogP contribution in [0.5, 0.6) is 5.75 Å². The molecule has 32 heavy (non-hydrogen) atoms. The first kappa shape index (κ1) is 20.8.